The maximum Gasteiger partial charge on any atom is 0.130 e. The number of benzene rings is 2. The number of rotatable bonds is 4. The normalized spacial score (nSPS) is 13.9. The molecule has 0 N–H and O–H groups in total. The molecule has 0 aliphatic carbocycles. The second-order valence-corrected chi connectivity index (χ2v) is 5.01. The molecular formula is C17H18O. The quantitative estimate of drug-likeness (QED) is 0.742. The molecular weight excluding hydrogens is 220 g/mol. The van der Waals surface area contributed by atoms with Gasteiger partial charge < -0.3 is 4.79 Å². The van der Waals surface area contributed by atoms with E-state index in [2.05, 4.69) is 25.1 Å². The van der Waals surface area contributed by atoms with Crippen LogP contribution in [0.4, 0.5) is 0 Å². The van der Waals surface area contributed by atoms with Crippen molar-refractivity contribution in [2.75, 3.05) is 0 Å². The predicted octanol–water partition coefficient (Wildman–Crippen LogP) is 3.69. The fraction of sp³-hybridized carbons (Fsp3) is 0.235. The second-order valence-electron chi connectivity index (χ2n) is 5.01. The van der Waals surface area contributed by atoms with E-state index in [4.69, 9.17) is 0 Å². The van der Waals surface area contributed by atoms with Crippen molar-refractivity contribution in [2.45, 2.75) is 25.7 Å². The summed E-state index contributed by atoms with van der Waals surface area (Å²) in [4.78, 5) is 11.6. The van der Waals surface area contributed by atoms with Gasteiger partial charge in [0.25, 0.3) is 0 Å². The van der Waals surface area contributed by atoms with Gasteiger partial charge >= 0.3 is 0 Å². The van der Waals surface area contributed by atoms with Crippen molar-refractivity contribution in [3.63, 3.8) is 0 Å². The van der Waals surface area contributed by atoms with Crippen LogP contribution in [0.1, 0.15) is 23.6 Å². The highest BCUT2D eigenvalue weighted by atomic mass is 16.1. The summed E-state index contributed by atoms with van der Waals surface area (Å²) in [6, 6.07) is 18.3. The first-order valence-corrected chi connectivity index (χ1v) is 6.22. The number of aryl methyl sites for hydroxylation is 1. The van der Waals surface area contributed by atoms with Crippen LogP contribution in [0.5, 0.6) is 0 Å². The largest absolute Gasteiger partial charge is 0.302 e. The third kappa shape index (κ3) is 2.51. The third-order valence-corrected chi connectivity index (χ3v) is 3.43. The summed E-state index contributed by atoms with van der Waals surface area (Å²) in [6.45, 7) is 4.07. The van der Waals surface area contributed by atoms with Crippen LogP contribution in [0, 0.1) is 6.92 Å². The SMILES string of the molecule is Cc1ccccc1C(C)(C=O)Cc1ccccc1. The molecule has 0 spiro atoms. The Bertz CT molecular complexity index is 530. The summed E-state index contributed by atoms with van der Waals surface area (Å²) in [5, 5.41) is 0. The van der Waals surface area contributed by atoms with Crippen molar-refractivity contribution in [2.24, 2.45) is 0 Å². The van der Waals surface area contributed by atoms with Gasteiger partial charge in [0, 0.05) is 0 Å². The molecule has 0 aliphatic rings. The van der Waals surface area contributed by atoms with Gasteiger partial charge in [0.15, 0.2) is 0 Å². The van der Waals surface area contributed by atoms with Crippen molar-refractivity contribution in [1.29, 1.82) is 0 Å². The summed E-state index contributed by atoms with van der Waals surface area (Å²) >= 11 is 0. The Morgan fingerprint density at radius 1 is 1.00 bits per heavy atom. The Morgan fingerprint density at radius 3 is 2.22 bits per heavy atom. The molecule has 18 heavy (non-hydrogen) atoms. The van der Waals surface area contributed by atoms with Gasteiger partial charge in [-0.1, -0.05) is 54.6 Å². The zero-order valence-electron chi connectivity index (χ0n) is 10.9. The molecule has 2 aromatic rings. The maximum atomic E-state index is 11.6. The Labute approximate surface area is 108 Å². The lowest BCUT2D eigenvalue weighted by Gasteiger charge is -2.25. The Kier molecular flexibility index (Phi) is 3.61. The van der Waals surface area contributed by atoms with Crippen LogP contribution in [0.2, 0.25) is 0 Å². The van der Waals surface area contributed by atoms with Gasteiger partial charge in [-0.25, -0.2) is 0 Å². The fourth-order valence-electron chi connectivity index (χ4n) is 2.43. The van der Waals surface area contributed by atoms with Crippen LogP contribution < -0.4 is 0 Å². The smallest absolute Gasteiger partial charge is 0.130 e. The summed E-state index contributed by atoms with van der Waals surface area (Å²) in [7, 11) is 0. The molecule has 1 unspecified atom stereocenters. The molecule has 2 aromatic carbocycles. The zero-order valence-corrected chi connectivity index (χ0v) is 10.9. The average Bonchev–Trinajstić information content (AvgIpc) is 2.40. The molecule has 0 aliphatic heterocycles. The molecule has 0 radical (unpaired) electrons. The lowest BCUT2D eigenvalue weighted by atomic mass is 9.77. The van der Waals surface area contributed by atoms with E-state index in [1.807, 2.05) is 43.3 Å². The lowest BCUT2D eigenvalue weighted by molar-refractivity contribution is -0.112. The van der Waals surface area contributed by atoms with Crippen molar-refractivity contribution >= 4 is 6.29 Å². The van der Waals surface area contributed by atoms with Crippen LogP contribution in [-0.2, 0) is 16.6 Å². The highest BCUT2D eigenvalue weighted by Crippen LogP contribution is 2.28. The zero-order chi connectivity index (χ0) is 13.0. The van der Waals surface area contributed by atoms with E-state index in [0.717, 1.165) is 18.3 Å². The average molecular weight is 238 g/mol. The number of carbonyl (C=O) groups is 1. The minimum Gasteiger partial charge on any atom is -0.302 e. The summed E-state index contributed by atoms with van der Waals surface area (Å²) in [5.41, 5.74) is 3.02. The van der Waals surface area contributed by atoms with Gasteiger partial charge in [0.1, 0.15) is 6.29 Å². The van der Waals surface area contributed by atoms with Gasteiger partial charge in [-0.15, -0.1) is 0 Å². The number of hydrogen-bond acceptors (Lipinski definition) is 1. The Hall–Kier alpha value is -1.89. The minimum atomic E-state index is -0.452. The molecule has 2 rings (SSSR count). The van der Waals surface area contributed by atoms with E-state index in [9.17, 15) is 4.79 Å². The van der Waals surface area contributed by atoms with Crippen LogP contribution in [0.3, 0.4) is 0 Å². The molecule has 0 saturated heterocycles. The topological polar surface area (TPSA) is 17.1 Å². The van der Waals surface area contributed by atoms with Crippen molar-refractivity contribution in [1.82, 2.24) is 0 Å². The standard InChI is InChI=1S/C17H18O/c1-14-8-6-7-11-16(14)17(2,13-18)12-15-9-4-3-5-10-15/h3-11,13H,12H2,1-2H3. The third-order valence-electron chi connectivity index (χ3n) is 3.43. The first-order chi connectivity index (χ1) is 8.65. The van der Waals surface area contributed by atoms with Gasteiger partial charge in [0.05, 0.1) is 5.41 Å². The summed E-state index contributed by atoms with van der Waals surface area (Å²) < 4.78 is 0. The highest BCUT2D eigenvalue weighted by molar-refractivity contribution is 5.69. The first kappa shape index (κ1) is 12.6. The van der Waals surface area contributed by atoms with Gasteiger partial charge in [-0.05, 0) is 37.0 Å². The van der Waals surface area contributed by atoms with Gasteiger partial charge in [0.2, 0.25) is 0 Å². The van der Waals surface area contributed by atoms with E-state index in [1.165, 1.54) is 11.1 Å². The van der Waals surface area contributed by atoms with Crippen LogP contribution in [0.15, 0.2) is 54.6 Å². The van der Waals surface area contributed by atoms with Crippen LogP contribution in [-0.4, -0.2) is 6.29 Å². The monoisotopic (exact) mass is 238 g/mol. The molecule has 1 heteroatoms. The molecule has 0 fully saturated rings. The van der Waals surface area contributed by atoms with Gasteiger partial charge in [-0.2, -0.15) is 0 Å². The molecule has 0 amide bonds. The first-order valence-electron chi connectivity index (χ1n) is 6.22. The van der Waals surface area contributed by atoms with Crippen molar-refractivity contribution < 1.29 is 4.79 Å². The molecule has 1 atom stereocenters. The highest BCUT2D eigenvalue weighted by Gasteiger charge is 2.27. The van der Waals surface area contributed by atoms with E-state index in [0.29, 0.717) is 0 Å². The molecule has 92 valence electrons. The van der Waals surface area contributed by atoms with E-state index in [-0.39, 0.29) is 0 Å². The van der Waals surface area contributed by atoms with Gasteiger partial charge in [-0.3, -0.25) is 0 Å². The van der Waals surface area contributed by atoms with Crippen LogP contribution >= 0.6 is 0 Å². The Balaban J connectivity index is 2.37. The molecule has 1 nitrogen and oxygen atoms in total. The Morgan fingerprint density at radius 2 is 1.61 bits per heavy atom. The lowest BCUT2D eigenvalue weighted by Crippen LogP contribution is -2.27. The maximum absolute atomic E-state index is 11.6. The second kappa shape index (κ2) is 5.18. The summed E-state index contributed by atoms with van der Waals surface area (Å²) in [5.74, 6) is 0. The van der Waals surface area contributed by atoms with E-state index in [1.54, 1.807) is 0 Å². The van der Waals surface area contributed by atoms with Crippen molar-refractivity contribution in [3.8, 4) is 0 Å². The molecule has 0 aromatic heterocycles. The number of aldehydes is 1. The predicted molar refractivity (Wildman–Crippen MR) is 74.7 cm³/mol. The summed E-state index contributed by atoms with van der Waals surface area (Å²) in [6.07, 6.45) is 1.81. The van der Waals surface area contributed by atoms with Crippen LogP contribution in [0.25, 0.3) is 0 Å². The molecule has 0 bridgehead atoms. The molecule has 0 saturated carbocycles. The van der Waals surface area contributed by atoms with Crippen molar-refractivity contribution in [3.05, 3.63) is 71.3 Å². The van der Waals surface area contributed by atoms with E-state index >= 15 is 0 Å². The fourth-order valence-corrected chi connectivity index (χ4v) is 2.43. The number of hydrogen-bond donors (Lipinski definition) is 0. The molecule has 0 heterocycles. The number of carbonyl (C=O) groups excluding carboxylic acids is 1. The minimum absolute atomic E-state index is 0.452. The van der Waals surface area contributed by atoms with E-state index < -0.39 is 5.41 Å².